The van der Waals surface area contributed by atoms with Crippen molar-refractivity contribution in [2.75, 3.05) is 13.2 Å². The molecule has 0 N–H and O–H groups in total. The van der Waals surface area contributed by atoms with Gasteiger partial charge in [-0.2, -0.15) is 0 Å². The molecule has 35 heavy (non-hydrogen) atoms. The van der Waals surface area contributed by atoms with Crippen molar-refractivity contribution in [3.63, 3.8) is 0 Å². The Morgan fingerprint density at radius 2 is 1.89 bits per heavy atom. The number of rotatable bonds is 8. The zero-order chi connectivity index (χ0) is 24.9. The molecule has 1 aliphatic rings. The average molecular weight is 527 g/mol. The number of nitro benzene ring substituents is 1. The molecular weight excluding hydrogens is 508 g/mol. The summed E-state index contributed by atoms with van der Waals surface area (Å²) in [7, 11) is 0. The SMILES string of the molecule is Cc1cccc(OCCN2C(=O)S/C(=C\c3ccc(Sc4ccc(Cl)cc4)c([N+](=O)[O-])c3)C2=O)c1. The Kier molecular flexibility index (Phi) is 7.80. The minimum Gasteiger partial charge on any atom is -0.492 e. The molecule has 0 radical (unpaired) electrons. The summed E-state index contributed by atoms with van der Waals surface area (Å²) in [6, 6.07) is 19.2. The van der Waals surface area contributed by atoms with E-state index in [-0.39, 0.29) is 23.7 Å². The number of hydrogen-bond donors (Lipinski definition) is 0. The lowest BCUT2D eigenvalue weighted by atomic mass is 10.2. The fourth-order valence-electron chi connectivity index (χ4n) is 3.29. The number of amides is 2. The topological polar surface area (TPSA) is 89.8 Å². The molecule has 178 valence electrons. The molecule has 1 fully saturated rings. The number of aryl methyl sites for hydroxylation is 1. The number of nitro groups is 1. The first-order valence-corrected chi connectivity index (χ1v) is 12.5. The van der Waals surface area contributed by atoms with E-state index in [1.807, 2.05) is 31.2 Å². The molecule has 1 aliphatic heterocycles. The zero-order valence-corrected chi connectivity index (χ0v) is 20.9. The molecule has 0 atom stereocenters. The molecule has 10 heteroatoms. The third-order valence-corrected chi connectivity index (χ3v) is 7.20. The summed E-state index contributed by atoms with van der Waals surface area (Å²) in [5, 5.41) is 11.9. The van der Waals surface area contributed by atoms with Crippen LogP contribution in [0.1, 0.15) is 11.1 Å². The van der Waals surface area contributed by atoms with Crippen molar-refractivity contribution in [2.45, 2.75) is 16.7 Å². The van der Waals surface area contributed by atoms with Gasteiger partial charge in [0.05, 0.1) is 21.3 Å². The minimum absolute atomic E-state index is 0.0931. The Morgan fingerprint density at radius 1 is 1.11 bits per heavy atom. The fraction of sp³-hybridized carbons (Fsp3) is 0.120. The van der Waals surface area contributed by atoms with Crippen molar-refractivity contribution in [3.05, 3.63) is 97.9 Å². The maximum Gasteiger partial charge on any atom is 0.293 e. The number of thioether (sulfide) groups is 1. The van der Waals surface area contributed by atoms with Crippen LogP contribution in [0, 0.1) is 17.0 Å². The van der Waals surface area contributed by atoms with Gasteiger partial charge >= 0.3 is 0 Å². The maximum absolute atomic E-state index is 12.8. The van der Waals surface area contributed by atoms with E-state index in [9.17, 15) is 19.7 Å². The first-order valence-electron chi connectivity index (χ1n) is 10.5. The third kappa shape index (κ3) is 6.25. The molecule has 0 aliphatic carbocycles. The van der Waals surface area contributed by atoms with Crippen molar-refractivity contribution in [1.29, 1.82) is 0 Å². The van der Waals surface area contributed by atoms with E-state index >= 15 is 0 Å². The summed E-state index contributed by atoms with van der Waals surface area (Å²) in [6.45, 7) is 2.21. The number of halogens is 1. The molecule has 0 saturated carbocycles. The fourth-order valence-corrected chi connectivity index (χ4v) is 5.18. The van der Waals surface area contributed by atoms with Gasteiger partial charge in [0.15, 0.2) is 0 Å². The van der Waals surface area contributed by atoms with Crippen LogP contribution in [-0.2, 0) is 4.79 Å². The highest BCUT2D eigenvalue weighted by atomic mass is 35.5. The van der Waals surface area contributed by atoms with Gasteiger partial charge in [0.1, 0.15) is 12.4 Å². The number of carbonyl (C=O) groups excluding carboxylic acids is 2. The largest absolute Gasteiger partial charge is 0.492 e. The minimum atomic E-state index is -0.468. The van der Waals surface area contributed by atoms with E-state index in [1.165, 1.54) is 23.9 Å². The first-order chi connectivity index (χ1) is 16.8. The summed E-state index contributed by atoms with van der Waals surface area (Å²) in [6.07, 6.45) is 1.50. The van der Waals surface area contributed by atoms with Crippen LogP contribution in [0.5, 0.6) is 5.75 Å². The molecule has 0 aromatic heterocycles. The first kappa shape index (κ1) is 24.8. The van der Waals surface area contributed by atoms with E-state index in [1.54, 1.807) is 36.4 Å². The van der Waals surface area contributed by atoms with Gasteiger partial charge in [-0.25, -0.2) is 0 Å². The quantitative estimate of drug-likeness (QED) is 0.180. The number of imide groups is 1. The number of nitrogens with zero attached hydrogens (tertiary/aromatic N) is 2. The maximum atomic E-state index is 12.8. The van der Waals surface area contributed by atoms with Gasteiger partial charge in [0.25, 0.3) is 16.8 Å². The van der Waals surface area contributed by atoms with E-state index in [0.29, 0.717) is 21.2 Å². The second kappa shape index (κ2) is 11.0. The molecule has 0 spiro atoms. The molecule has 7 nitrogen and oxygen atoms in total. The van der Waals surface area contributed by atoms with Gasteiger partial charge in [-0.05, 0) is 78.4 Å². The lowest BCUT2D eigenvalue weighted by Gasteiger charge is -2.13. The second-order valence-corrected chi connectivity index (χ2v) is 10.1. The van der Waals surface area contributed by atoms with Crippen LogP contribution >= 0.6 is 35.1 Å². The standard InChI is InChI=1S/C25H19ClN2O5S2/c1-16-3-2-4-19(13-16)33-12-11-27-24(29)23(35-25(27)30)15-17-5-10-22(21(14-17)28(31)32)34-20-8-6-18(26)7-9-20/h2-10,13-15H,11-12H2,1H3/b23-15-. The summed E-state index contributed by atoms with van der Waals surface area (Å²) in [5.74, 6) is 0.214. The highest BCUT2D eigenvalue weighted by Crippen LogP contribution is 2.37. The normalized spacial score (nSPS) is 14.6. The monoisotopic (exact) mass is 526 g/mol. The summed E-state index contributed by atoms with van der Waals surface area (Å²) < 4.78 is 5.65. The van der Waals surface area contributed by atoms with Crippen molar-refractivity contribution >= 4 is 58.0 Å². The Hall–Kier alpha value is -3.27. The molecule has 2 amide bonds. The molecule has 3 aromatic carbocycles. The van der Waals surface area contributed by atoms with Gasteiger partial charge < -0.3 is 4.74 Å². The smallest absolute Gasteiger partial charge is 0.293 e. The van der Waals surface area contributed by atoms with Crippen molar-refractivity contribution in [2.24, 2.45) is 0 Å². The molecule has 3 aromatic rings. The Labute approximate surface area is 215 Å². The third-order valence-electron chi connectivity index (χ3n) is 4.97. The predicted molar refractivity (Wildman–Crippen MR) is 138 cm³/mol. The van der Waals surface area contributed by atoms with Crippen LogP contribution in [0.25, 0.3) is 6.08 Å². The molecule has 1 heterocycles. The van der Waals surface area contributed by atoms with E-state index in [4.69, 9.17) is 16.3 Å². The lowest BCUT2D eigenvalue weighted by molar-refractivity contribution is -0.387. The van der Waals surface area contributed by atoms with Crippen molar-refractivity contribution < 1.29 is 19.2 Å². The van der Waals surface area contributed by atoms with Crippen LogP contribution in [0.2, 0.25) is 5.02 Å². The van der Waals surface area contributed by atoms with Crippen LogP contribution in [0.15, 0.2) is 81.4 Å². The zero-order valence-electron chi connectivity index (χ0n) is 18.5. The van der Waals surface area contributed by atoms with Crippen molar-refractivity contribution in [3.8, 4) is 5.75 Å². The average Bonchev–Trinajstić information content (AvgIpc) is 3.08. The molecule has 0 unspecified atom stereocenters. The van der Waals surface area contributed by atoms with E-state index in [2.05, 4.69) is 0 Å². The number of carbonyl (C=O) groups is 2. The second-order valence-electron chi connectivity index (χ2n) is 7.54. The van der Waals surface area contributed by atoms with Crippen molar-refractivity contribution in [1.82, 2.24) is 4.90 Å². The molecular formula is C25H19ClN2O5S2. The van der Waals surface area contributed by atoms with Crippen LogP contribution in [0.4, 0.5) is 10.5 Å². The van der Waals surface area contributed by atoms with Gasteiger partial charge in [0.2, 0.25) is 0 Å². The number of benzene rings is 3. The Morgan fingerprint density at radius 3 is 2.60 bits per heavy atom. The van der Waals surface area contributed by atoms with Gasteiger partial charge in [-0.15, -0.1) is 0 Å². The highest BCUT2D eigenvalue weighted by molar-refractivity contribution is 8.18. The van der Waals surface area contributed by atoms with Crippen LogP contribution < -0.4 is 4.74 Å². The Balaban J connectivity index is 1.46. The van der Waals surface area contributed by atoms with Crippen LogP contribution in [0.3, 0.4) is 0 Å². The highest BCUT2D eigenvalue weighted by Gasteiger charge is 2.35. The number of hydrogen-bond acceptors (Lipinski definition) is 7. The molecule has 0 bridgehead atoms. The number of ether oxygens (including phenoxy) is 1. The molecule has 1 saturated heterocycles. The summed E-state index contributed by atoms with van der Waals surface area (Å²) in [5.41, 5.74) is 1.41. The van der Waals surface area contributed by atoms with Crippen LogP contribution in [-0.4, -0.2) is 34.1 Å². The van der Waals surface area contributed by atoms with Gasteiger partial charge in [0, 0.05) is 16.0 Å². The van der Waals surface area contributed by atoms with E-state index in [0.717, 1.165) is 27.1 Å². The Bertz CT molecular complexity index is 1330. The predicted octanol–water partition coefficient (Wildman–Crippen LogP) is 6.82. The van der Waals surface area contributed by atoms with Gasteiger partial charge in [-0.1, -0.05) is 41.6 Å². The lowest BCUT2D eigenvalue weighted by Crippen LogP contribution is -2.32. The molecule has 4 rings (SSSR count). The van der Waals surface area contributed by atoms with Gasteiger partial charge in [-0.3, -0.25) is 24.6 Å². The van der Waals surface area contributed by atoms with E-state index < -0.39 is 16.1 Å². The summed E-state index contributed by atoms with van der Waals surface area (Å²) in [4.78, 5) is 39.0. The summed E-state index contributed by atoms with van der Waals surface area (Å²) >= 11 is 7.95.